The lowest BCUT2D eigenvalue weighted by molar-refractivity contribution is -0.137. The molecule has 35 heavy (non-hydrogen) atoms. The highest BCUT2D eigenvalue weighted by molar-refractivity contribution is 6.04. The van der Waals surface area contributed by atoms with E-state index in [4.69, 9.17) is 0 Å². The van der Waals surface area contributed by atoms with E-state index in [1.807, 2.05) is 0 Å². The number of carbonyl (C=O) groups excluding carboxylic acids is 2. The van der Waals surface area contributed by atoms with Crippen LogP contribution in [-0.2, 0) is 17.5 Å². The lowest BCUT2D eigenvalue weighted by atomic mass is 9.83. The number of nitrogens with zero attached hydrogens (tertiary/aromatic N) is 2. The Kier molecular flexibility index (Phi) is 6.68. The highest BCUT2D eigenvalue weighted by atomic mass is 19.4. The Morgan fingerprint density at radius 3 is 2.63 bits per heavy atom. The number of rotatable bonds is 6. The van der Waals surface area contributed by atoms with Crippen molar-refractivity contribution in [2.45, 2.75) is 56.9 Å². The molecule has 1 fully saturated rings. The minimum absolute atomic E-state index is 0.0770. The second-order valence-corrected chi connectivity index (χ2v) is 9.14. The molecule has 1 saturated carbocycles. The number of imidazole rings is 1. The number of carbonyl (C=O) groups is 2. The van der Waals surface area contributed by atoms with Crippen LogP contribution >= 0.6 is 0 Å². The summed E-state index contributed by atoms with van der Waals surface area (Å²) in [6.45, 7) is 0.0363. The molecule has 1 aliphatic rings. The van der Waals surface area contributed by atoms with Gasteiger partial charge in [0.25, 0.3) is 5.91 Å². The van der Waals surface area contributed by atoms with Crippen molar-refractivity contribution < 1.29 is 32.3 Å². The third-order valence-corrected chi connectivity index (χ3v) is 6.22. The Hall–Kier alpha value is -3.27. The molecule has 1 aliphatic carbocycles. The molecular weight excluding hydrogens is 466 g/mol. The first kappa shape index (κ1) is 24.8. The normalized spacial score (nSPS) is 18.5. The van der Waals surface area contributed by atoms with Gasteiger partial charge in [-0.1, -0.05) is 18.6 Å². The van der Waals surface area contributed by atoms with Crippen LogP contribution < -0.4 is 5.32 Å². The minimum Gasteiger partial charge on any atom is -0.393 e. The standard InChI is InChI=1S/C25H25F4N3O3/c1-24(26,14-33)13-32-20-10-9-15(18-7-2-3-8-21(18)34)12-19(20)30-23(32)31-22(35)16-5-4-6-17(11-16)25(27,28)29/h4-6,9-12,18,33H,2-3,7-8,13-14H2,1H3,(H,30,31,35)/t18?,24-/m0/s1. The van der Waals surface area contributed by atoms with Gasteiger partial charge in [0, 0.05) is 17.9 Å². The summed E-state index contributed by atoms with van der Waals surface area (Å²) in [5.74, 6) is -1.04. The van der Waals surface area contributed by atoms with E-state index in [0.29, 0.717) is 17.5 Å². The average Bonchev–Trinajstić information content (AvgIpc) is 3.14. The molecule has 0 radical (unpaired) electrons. The number of alkyl halides is 4. The number of fused-ring (bicyclic) bond motifs is 1. The molecule has 1 unspecified atom stereocenters. The van der Waals surface area contributed by atoms with Crippen molar-refractivity contribution in [3.8, 4) is 0 Å². The molecule has 1 heterocycles. The first-order chi connectivity index (χ1) is 16.5. The first-order valence-corrected chi connectivity index (χ1v) is 11.3. The number of Topliss-reactive ketones (excluding diaryl/α,β-unsaturated/α-hetero) is 1. The van der Waals surface area contributed by atoms with Gasteiger partial charge >= 0.3 is 6.18 Å². The number of benzene rings is 2. The monoisotopic (exact) mass is 491 g/mol. The maximum absolute atomic E-state index is 14.8. The number of amides is 1. The smallest absolute Gasteiger partial charge is 0.393 e. The molecule has 0 saturated heterocycles. The van der Waals surface area contributed by atoms with Crippen LogP contribution in [0.15, 0.2) is 42.5 Å². The number of aliphatic hydroxyl groups is 1. The molecule has 3 aromatic rings. The lowest BCUT2D eigenvalue weighted by Crippen LogP contribution is -2.30. The van der Waals surface area contributed by atoms with Crippen molar-refractivity contribution in [3.63, 3.8) is 0 Å². The number of hydrogen-bond donors (Lipinski definition) is 2. The minimum atomic E-state index is -4.62. The second-order valence-electron chi connectivity index (χ2n) is 9.14. The lowest BCUT2D eigenvalue weighted by Gasteiger charge is -2.21. The van der Waals surface area contributed by atoms with E-state index in [0.717, 1.165) is 43.0 Å². The van der Waals surface area contributed by atoms with Gasteiger partial charge in [-0.2, -0.15) is 13.2 Å². The Morgan fingerprint density at radius 1 is 1.17 bits per heavy atom. The van der Waals surface area contributed by atoms with Crippen molar-refractivity contribution in [3.05, 3.63) is 59.2 Å². The van der Waals surface area contributed by atoms with E-state index in [1.54, 1.807) is 18.2 Å². The molecule has 2 aromatic carbocycles. The number of halogens is 4. The highest BCUT2D eigenvalue weighted by Crippen LogP contribution is 2.33. The molecular formula is C25H25F4N3O3. The van der Waals surface area contributed by atoms with E-state index in [2.05, 4.69) is 10.3 Å². The van der Waals surface area contributed by atoms with Gasteiger partial charge in [0.05, 0.1) is 29.7 Å². The summed E-state index contributed by atoms with van der Waals surface area (Å²) < 4.78 is 55.3. The molecule has 186 valence electrons. The number of anilines is 1. The molecule has 4 rings (SSSR count). The van der Waals surface area contributed by atoms with Crippen LogP contribution in [0.25, 0.3) is 11.0 Å². The molecule has 0 bridgehead atoms. The Bertz CT molecular complexity index is 1270. The topological polar surface area (TPSA) is 84.2 Å². The molecule has 0 aliphatic heterocycles. The van der Waals surface area contributed by atoms with Gasteiger partial charge in [-0.25, -0.2) is 9.37 Å². The van der Waals surface area contributed by atoms with Gasteiger partial charge in [-0.05, 0) is 55.7 Å². The van der Waals surface area contributed by atoms with E-state index in [1.165, 1.54) is 17.6 Å². The van der Waals surface area contributed by atoms with Crippen LogP contribution in [0.2, 0.25) is 0 Å². The summed E-state index contributed by atoms with van der Waals surface area (Å²) in [6, 6.07) is 9.09. The average molecular weight is 491 g/mol. The van der Waals surface area contributed by atoms with Crippen molar-refractivity contribution in [1.29, 1.82) is 0 Å². The second kappa shape index (κ2) is 9.41. The van der Waals surface area contributed by atoms with Gasteiger partial charge in [0.2, 0.25) is 5.95 Å². The summed E-state index contributed by atoms with van der Waals surface area (Å²) in [5, 5.41) is 11.9. The SMILES string of the molecule is C[C@@](F)(CO)Cn1c(NC(=O)c2cccc(C(F)(F)F)c2)nc2cc(C3CCCCC3=O)ccc21. The third kappa shape index (κ3) is 5.37. The maximum Gasteiger partial charge on any atom is 0.416 e. The summed E-state index contributed by atoms with van der Waals surface area (Å²) in [6.07, 6.45) is -1.61. The zero-order valence-corrected chi connectivity index (χ0v) is 19.0. The summed E-state index contributed by atoms with van der Waals surface area (Å²) in [7, 11) is 0. The molecule has 10 heteroatoms. The quantitative estimate of drug-likeness (QED) is 0.461. The van der Waals surface area contributed by atoms with Gasteiger partial charge in [0.1, 0.15) is 11.5 Å². The maximum atomic E-state index is 14.8. The number of ketones is 1. The predicted octanol–water partition coefficient (Wildman–Crippen LogP) is 5.25. The number of aromatic nitrogens is 2. The molecule has 2 N–H and O–H groups in total. The molecule has 0 spiro atoms. The van der Waals surface area contributed by atoms with E-state index < -0.39 is 29.9 Å². The van der Waals surface area contributed by atoms with Crippen LogP contribution in [0.3, 0.4) is 0 Å². The Balaban J connectivity index is 1.72. The number of aliphatic hydroxyl groups excluding tert-OH is 1. The van der Waals surface area contributed by atoms with E-state index >= 15 is 0 Å². The summed E-state index contributed by atoms with van der Waals surface area (Å²) >= 11 is 0. The fourth-order valence-electron chi connectivity index (χ4n) is 4.34. The van der Waals surface area contributed by atoms with Crippen LogP contribution in [0.1, 0.15) is 60.0 Å². The number of hydrogen-bond acceptors (Lipinski definition) is 4. The Labute approximate surface area is 199 Å². The van der Waals surface area contributed by atoms with Crippen LogP contribution in [0.5, 0.6) is 0 Å². The van der Waals surface area contributed by atoms with Crippen molar-refractivity contribution in [2.75, 3.05) is 11.9 Å². The fraction of sp³-hybridized carbons (Fsp3) is 0.400. The van der Waals surface area contributed by atoms with Gasteiger partial charge < -0.3 is 9.67 Å². The van der Waals surface area contributed by atoms with Crippen molar-refractivity contribution in [2.24, 2.45) is 0 Å². The number of nitrogens with one attached hydrogen (secondary N) is 1. The zero-order valence-electron chi connectivity index (χ0n) is 19.0. The van der Waals surface area contributed by atoms with Gasteiger partial charge in [-0.15, -0.1) is 0 Å². The summed E-state index contributed by atoms with van der Waals surface area (Å²) in [5.41, 5.74) is -1.65. The van der Waals surface area contributed by atoms with Crippen molar-refractivity contribution in [1.82, 2.24) is 9.55 Å². The van der Waals surface area contributed by atoms with E-state index in [9.17, 15) is 32.3 Å². The molecule has 1 aromatic heterocycles. The molecule has 1 amide bonds. The highest BCUT2D eigenvalue weighted by Gasteiger charge is 2.32. The molecule has 6 nitrogen and oxygen atoms in total. The van der Waals surface area contributed by atoms with Gasteiger partial charge in [0.15, 0.2) is 0 Å². The van der Waals surface area contributed by atoms with Gasteiger partial charge in [-0.3, -0.25) is 14.9 Å². The van der Waals surface area contributed by atoms with Crippen LogP contribution in [0, 0.1) is 0 Å². The summed E-state index contributed by atoms with van der Waals surface area (Å²) in [4.78, 5) is 29.6. The Morgan fingerprint density at radius 2 is 1.94 bits per heavy atom. The third-order valence-electron chi connectivity index (χ3n) is 6.22. The first-order valence-electron chi connectivity index (χ1n) is 11.3. The fourth-order valence-corrected chi connectivity index (χ4v) is 4.34. The molecule has 2 atom stereocenters. The van der Waals surface area contributed by atoms with Crippen LogP contribution in [-0.4, -0.2) is 38.6 Å². The van der Waals surface area contributed by atoms with Crippen molar-refractivity contribution >= 4 is 28.7 Å². The van der Waals surface area contributed by atoms with E-state index in [-0.39, 0.29) is 29.8 Å². The predicted molar refractivity (Wildman–Crippen MR) is 122 cm³/mol. The zero-order chi connectivity index (χ0) is 25.4. The van der Waals surface area contributed by atoms with Crippen LogP contribution in [0.4, 0.5) is 23.5 Å². The largest absolute Gasteiger partial charge is 0.416 e.